The summed E-state index contributed by atoms with van der Waals surface area (Å²) in [5.74, 6) is 0.748. The van der Waals surface area contributed by atoms with Gasteiger partial charge in [0.2, 0.25) is 0 Å². The highest BCUT2D eigenvalue weighted by Crippen LogP contribution is 2.48. The first-order chi connectivity index (χ1) is 13.9. The third-order valence-electron chi connectivity index (χ3n) is 4.91. The van der Waals surface area contributed by atoms with Gasteiger partial charge in [0, 0.05) is 16.8 Å². The standard InChI is InChI=1S/C20H16Cl2N6O/c1-12(18-25-11-26-28(18)17-3-2-15(21)9-24-17)27-19(29)13-6-14(8-16(22)7-13)20(10-23)4-5-20/h2-3,6-9,11-12H,4-5H2,1H3,(H,27,29)/t12-/m1/s1. The average Bonchev–Trinajstić information content (AvgIpc) is 3.36. The van der Waals surface area contributed by atoms with Crippen LogP contribution in [0.4, 0.5) is 0 Å². The van der Waals surface area contributed by atoms with Crippen LogP contribution in [0.5, 0.6) is 0 Å². The van der Waals surface area contributed by atoms with Crippen molar-refractivity contribution in [1.82, 2.24) is 25.1 Å². The summed E-state index contributed by atoms with van der Waals surface area (Å²) < 4.78 is 1.54. The Bertz CT molecular complexity index is 1110. The lowest BCUT2D eigenvalue weighted by molar-refractivity contribution is 0.0937. The summed E-state index contributed by atoms with van der Waals surface area (Å²) >= 11 is 12.1. The van der Waals surface area contributed by atoms with E-state index in [2.05, 4.69) is 26.5 Å². The van der Waals surface area contributed by atoms with Crippen LogP contribution < -0.4 is 5.32 Å². The van der Waals surface area contributed by atoms with Crippen LogP contribution in [0.1, 0.15) is 47.6 Å². The van der Waals surface area contributed by atoms with Crippen molar-refractivity contribution in [2.75, 3.05) is 0 Å². The van der Waals surface area contributed by atoms with E-state index in [1.165, 1.54) is 12.5 Å². The molecule has 1 saturated carbocycles. The van der Waals surface area contributed by atoms with Crippen LogP contribution in [0, 0.1) is 11.3 Å². The summed E-state index contributed by atoms with van der Waals surface area (Å²) in [5.41, 5.74) is 0.654. The molecule has 2 heterocycles. The molecule has 7 nitrogen and oxygen atoms in total. The fraction of sp³-hybridized carbons (Fsp3) is 0.250. The van der Waals surface area contributed by atoms with Crippen LogP contribution in [-0.4, -0.2) is 25.7 Å². The van der Waals surface area contributed by atoms with Crippen molar-refractivity contribution in [2.24, 2.45) is 0 Å². The predicted octanol–water partition coefficient (Wildman–Crippen LogP) is 4.02. The van der Waals surface area contributed by atoms with Gasteiger partial charge in [-0.2, -0.15) is 15.0 Å². The number of hydrogen-bond acceptors (Lipinski definition) is 5. The van der Waals surface area contributed by atoms with Crippen molar-refractivity contribution < 1.29 is 4.79 Å². The Kier molecular flexibility index (Phi) is 4.99. The maximum atomic E-state index is 12.8. The summed E-state index contributed by atoms with van der Waals surface area (Å²) in [7, 11) is 0. The number of nitrogens with one attached hydrogen (secondary N) is 1. The van der Waals surface area contributed by atoms with Crippen LogP contribution >= 0.6 is 23.2 Å². The van der Waals surface area contributed by atoms with E-state index in [0.717, 1.165) is 18.4 Å². The number of nitriles is 1. The number of benzene rings is 1. The topological polar surface area (TPSA) is 96.5 Å². The number of nitrogens with zero attached hydrogens (tertiary/aromatic N) is 5. The molecular formula is C20H16Cl2N6O. The van der Waals surface area contributed by atoms with E-state index in [-0.39, 0.29) is 5.91 Å². The number of amides is 1. The third-order valence-corrected chi connectivity index (χ3v) is 5.36. The molecule has 29 heavy (non-hydrogen) atoms. The van der Waals surface area contributed by atoms with Gasteiger partial charge in [0.15, 0.2) is 11.6 Å². The summed E-state index contributed by atoms with van der Waals surface area (Å²) in [4.78, 5) is 21.3. The highest BCUT2D eigenvalue weighted by Gasteiger charge is 2.45. The molecule has 0 spiro atoms. The van der Waals surface area contributed by atoms with Crippen LogP contribution in [0.15, 0.2) is 42.9 Å². The Labute approximate surface area is 177 Å². The maximum absolute atomic E-state index is 12.8. The quantitative estimate of drug-likeness (QED) is 0.664. The minimum Gasteiger partial charge on any atom is -0.342 e. The lowest BCUT2D eigenvalue weighted by Gasteiger charge is -2.15. The molecule has 0 aliphatic heterocycles. The first kappa shape index (κ1) is 19.4. The number of rotatable bonds is 5. The van der Waals surface area contributed by atoms with Gasteiger partial charge in [-0.3, -0.25) is 4.79 Å². The van der Waals surface area contributed by atoms with E-state index in [4.69, 9.17) is 23.2 Å². The summed E-state index contributed by atoms with van der Waals surface area (Å²) in [6, 6.07) is 10.4. The van der Waals surface area contributed by atoms with Crippen molar-refractivity contribution >= 4 is 29.1 Å². The van der Waals surface area contributed by atoms with E-state index in [9.17, 15) is 10.1 Å². The van der Waals surface area contributed by atoms with Crippen molar-refractivity contribution in [1.29, 1.82) is 5.26 Å². The van der Waals surface area contributed by atoms with E-state index in [1.807, 2.05) is 0 Å². The molecule has 1 amide bonds. The Balaban J connectivity index is 1.57. The monoisotopic (exact) mass is 426 g/mol. The normalized spacial score (nSPS) is 15.4. The minimum atomic E-state index is -0.522. The molecule has 3 aromatic rings. The molecule has 1 aliphatic rings. The van der Waals surface area contributed by atoms with E-state index >= 15 is 0 Å². The van der Waals surface area contributed by atoms with Gasteiger partial charge in [0.1, 0.15) is 6.33 Å². The summed E-state index contributed by atoms with van der Waals surface area (Å²) in [5, 5.41) is 17.5. The molecule has 1 aliphatic carbocycles. The Morgan fingerprint density at radius 1 is 1.24 bits per heavy atom. The van der Waals surface area contributed by atoms with Gasteiger partial charge >= 0.3 is 0 Å². The molecule has 0 saturated heterocycles. The number of pyridine rings is 1. The van der Waals surface area contributed by atoms with Crippen LogP contribution in [0.25, 0.3) is 5.82 Å². The van der Waals surface area contributed by atoms with Gasteiger partial charge < -0.3 is 5.32 Å². The van der Waals surface area contributed by atoms with Gasteiger partial charge in [-0.25, -0.2) is 9.97 Å². The SMILES string of the molecule is C[C@@H](NC(=O)c1cc(Cl)cc(C2(C#N)CC2)c1)c1ncnn1-c1ccc(Cl)cn1. The number of carbonyl (C=O) groups excluding carboxylic acids is 1. The van der Waals surface area contributed by atoms with Crippen LogP contribution in [0.2, 0.25) is 10.0 Å². The fourth-order valence-electron chi connectivity index (χ4n) is 3.15. The lowest BCUT2D eigenvalue weighted by atomic mass is 9.95. The summed E-state index contributed by atoms with van der Waals surface area (Å²) in [6.45, 7) is 1.80. The molecule has 0 bridgehead atoms. The van der Waals surface area contributed by atoms with E-state index < -0.39 is 11.5 Å². The molecule has 9 heteroatoms. The lowest BCUT2D eigenvalue weighted by Crippen LogP contribution is -2.29. The first-order valence-electron chi connectivity index (χ1n) is 8.97. The molecule has 2 aromatic heterocycles. The number of aromatic nitrogens is 4. The largest absolute Gasteiger partial charge is 0.342 e. The van der Waals surface area contributed by atoms with Crippen molar-refractivity contribution in [3.63, 3.8) is 0 Å². The van der Waals surface area contributed by atoms with Crippen molar-refractivity contribution in [3.8, 4) is 11.9 Å². The molecule has 1 aromatic carbocycles. The second-order valence-corrected chi connectivity index (χ2v) is 7.86. The van der Waals surface area contributed by atoms with Gasteiger partial charge in [-0.15, -0.1) is 0 Å². The first-order valence-corrected chi connectivity index (χ1v) is 9.72. The van der Waals surface area contributed by atoms with Gasteiger partial charge in [-0.1, -0.05) is 23.2 Å². The number of hydrogen-bond donors (Lipinski definition) is 1. The Morgan fingerprint density at radius 2 is 2.03 bits per heavy atom. The molecular weight excluding hydrogens is 411 g/mol. The number of carbonyl (C=O) groups is 1. The fourth-order valence-corrected chi connectivity index (χ4v) is 3.49. The van der Waals surface area contributed by atoms with E-state index in [0.29, 0.717) is 27.3 Å². The van der Waals surface area contributed by atoms with Crippen molar-refractivity contribution in [3.05, 3.63) is 69.9 Å². The molecule has 1 N–H and O–H groups in total. The molecule has 0 unspecified atom stereocenters. The second-order valence-electron chi connectivity index (χ2n) is 6.98. The molecule has 1 fully saturated rings. The van der Waals surface area contributed by atoms with E-state index in [1.54, 1.807) is 41.9 Å². The highest BCUT2D eigenvalue weighted by molar-refractivity contribution is 6.31. The third kappa shape index (κ3) is 3.82. The zero-order chi connectivity index (χ0) is 20.6. The Hall–Kier alpha value is -2.95. The summed E-state index contributed by atoms with van der Waals surface area (Å²) in [6.07, 6.45) is 4.47. The molecule has 1 atom stereocenters. The maximum Gasteiger partial charge on any atom is 0.251 e. The van der Waals surface area contributed by atoms with Crippen LogP contribution in [0.3, 0.4) is 0 Å². The van der Waals surface area contributed by atoms with Crippen molar-refractivity contribution in [2.45, 2.75) is 31.2 Å². The smallest absolute Gasteiger partial charge is 0.251 e. The van der Waals surface area contributed by atoms with Gasteiger partial charge in [-0.05, 0) is 55.7 Å². The number of halogens is 2. The molecule has 146 valence electrons. The molecule has 4 rings (SSSR count). The minimum absolute atomic E-state index is 0.311. The molecule has 0 radical (unpaired) electrons. The van der Waals surface area contributed by atoms with Gasteiger partial charge in [0.25, 0.3) is 5.91 Å². The second kappa shape index (κ2) is 7.47. The zero-order valence-electron chi connectivity index (χ0n) is 15.4. The Morgan fingerprint density at radius 3 is 2.69 bits per heavy atom. The van der Waals surface area contributed by atoms with Gasteiger partial charge in [0.05, 0.1) is 22.5 Å². The zero-order valence-corrected chi connectivity index (χ0v) is 16.9. The predicted molar refractivity (Wildman–Crippen MR) is 108 cm³/mol. The average molecular weight is 427 g/mol. The van der Waals surface area contributed by atoms with Crippen LogP contribution in [-0.2, 0) is 5.41 Å². The highest BCUT2D eigenvalue weighted by atomic mass is 35.5.